The molecule has 0 bridgehead atoms. The Morgan fingerprint density at radius 3 is 2.61 bits per heavy atom. The van der Waals surface area contributed by atoms with Crippen LogP contribution in [0.4, 0.5) is 10.1 Å². The van der Waals surface area contributed by atoms with Crippen LogP contribution in [-0.4, -0.2) is 16.6 Å². The number of benzene rings is 1. The van der Waals surface area contributed by atoms with Crippen LogP contribution < -0.4 is 5.32 Å². The third-order valence-electron chi connectivity index (χ3n) is 2.58. The van der Waals surface area contributed by atoms with E-state index in [-0.39, 0.29) is 12.2 Å². The zero-order valence-corrected chi connectivity index (χ0v) is 10.1. The second-order valence-electron chi connectivity index (χ2n) is 4.32. The van der Waals surface area contributed by atoms with Gasteiger partial charge in [-0.3, -0.25) is 4.79 Å². The van der Waals surface area contributed by atoms with E-state index >= 15 is 0 Å². The summed E-state index contributed by atoms with van der Waals surface area (Å²) in [6.07, 6.45) is 0.850. The molecule has 0 heterocycles. The van der Waals surface area contributed by atoms with Gasteiger partial charge in [0, 0.05) is 12.1 Å². The van der Waals surface area contributed by atoms with Gasteiger partial charge in [0.1, 0.15) is 11.4 Å². The quantitative estimate of drug-likeness (QED) is 0.814. The van der Waals surface area contributed by atoms with E-state index in [1.165, 1.54) is 12.1 Å². The number of anilines is 1. The molecule has 1 rings (SSSR count). The molecule has 1 unspecified atom stereocenters. The molecule has 0 aliphatic rings. The molecule has 0 saturated heterocycles. The number of nitrogens with zero attached hydrogens (tertiary/aromatic N) is 1. The Balaban J connectivity index is 2.62. The van der Waals surface area contributed by atoms with E-state index in [4.69, 9.17) is 10.4 Å². The number of nitriles is 1. The van der Waals surface area contributed by atoms with Crippen LogP contribution in [-0.2, 0) is 4.79 Å². The maximum atomic E-state index is 12.7. The van der Waals surface area contributed by atoms with Crippen LogP contribution in [0.2, 0.25) is 0 Å². The lowest BCUT2D eigenvalue weighted by molar-refractivity contribution is -0.137. The first-order valence-corrected chi connectivity index (χ1v) is 5.62. The highest BCUT2D eigenvalue weighted by Gasteiger charge is 2.23. The van der Waals surface area contributed by atoms with Crippen LogP contribution in [0.5, 0.6) is 0 Å². The first-order valence-electron chi connectivity index (χ1n) is 5.62. The van der Waals surface area contributed by atoms with Gasteiger partial charge in [0.2, 0.25) is 0 Å². The maximum Gasteiger partial charge on any atom is 0.303 e. The minimum absolute atomic E-state index is 0.0301. The van der Waals surface area contributed by atoms with Gasteiger partial charge in [-0.2, -0.15) is 5.26 Å². The predicted octanol–water partition coefficient (Wildman–Crippen LogP) is 2.77. The standard InChI is InChI=1S/C13H15FN2O2/c1-13(9-15,8-2-3-12(17)18)16-11-6-4-10(14)5-7-11/h4-7,16H,2-3,8H2,1H3,(H,17,18). The molecule has 0 aromatic heterocycles. The van der Waals surface area contributed by atoms with Crippen molar-refractivity contribution in [2.45, 2.75) is 31.7 Å². The highest BCUT2D eigenvalue weighted by molar-refractivity contribution is 5.66. The lowest BCUT2D eigenvalue weighted by Gasteiger charge is -2.24. The smallest absolute Gasteiger partial charge is 0.303 e. The Bertz CT molecular complexity index is 453. The van der Waals surface area contributed by atoms with Gasteiger partial charge in [-0.15, -0.1) is 0 Å². The minimum atomic E-state index is -0.878. The van der Waals surface area contributed by atoms with Crippen LogP contribution in [0.3, 0.4) is 0 Å². The van der Waals surface area contributed by atoms with E-state index in [0.717, 1.165) is 0 Å². The molecule has 1 aromatic rings. The lowest BCUT2D eigenvalue weighted by atomic mass is 9.96. The normalized spacial score (nSPS) is 13.4. The van der Waals surface area contributed by atoms with Crippen molar-refractivity contribution in [1.29, 1.82) is 5.26 Å². The van der Waals surface area contributed by atoms with Crippen LogP contribution in [0.1, 0.15) is 26.2 Å². The van der Waals surface area contributed by atoms with Gasteiger partial charge in [0.05, 0.1) is 6.07 Å². The molecule has 0 spiro atoms. The summed E-state index contributed by atoms with van der Waals surface area (Å²) < 4.78 is 12.7. The summed E-state index contributed by atoms with van der Waals surface area (Å²) in [7, 11) is 0. The van der Waals surface area contributed by atoms with Gasteiger partial charge in [-0.25, -0.2) is 4.39 Å². The van der Waals surface area contributed by atoms with Crippen molar-refractivity contribution in [2.75, 3.05) is 5.32 Å². The Kier molecular flexibility index (Phi) is 4.67. The number of carboxylic acid groups (broad SMARTS) is 1. The summed E-state index contributed by atoms with van der Waals surface area (Å²) in [5.74, 6) is -1.22. The highest BCUT2D eigenvalue weighted by atomic mass is 19.1. The molecule has 4 nitrogen and oxygen atoms in total. The molecule has 5 heteroatoms. The fourth-order valence-corrected chi connectivity index (χ4v) is 1.59. The van der Waals surface area contributed by atoms with Gasteiger partial charge in [-0.1, -0.05) is 0 Å². The number of aliphatic carboxylic acids is 1. The van der Waals surface area contributed by atoms with Crippen molar-refractivity contribution in [3.05, 3.63) is 30.1 Å². The van der Waals surface area contributed by atoms with Gasteiger partial charge < -0.3 is 10.4 Å². The average molecular weight is 250 g/mol. The highest BCUT2D eigenvalue weighted by Crippen LogP contribution is 2.20. The zero-order valence-electron chi connectivity index (χ0n) is 10.1. The van der Waals surface area contributed by atoms with Crippen LogP contribution in [0, 0.1) is 17.1 Å². The van der Waals surface area contributed by atoms with Crippen molar-refractivity contribution in [3.63, 3.8) is 0 Å². The Morgan fingerprint density at radius 2 is 2.11 bits per heavy atom. The summed E-state index contributed by atoms with van der Waals surface area (Å²) in [5.41, 5.74) is -0.219. The second-order valence-corrected chi connectivity index (χ2v) is 4.32. The third-order valence-corrected chi connectivity index (χ3v) is 2.58. The maximum absolute atomic E-state index is 12.7. The molecular formula is C13H15FN2O2. The van der Waals surface area contributed by atoms with Gasteiger partial charge in [-0.05, 0) is 44.0 Å². The largest absolute Gasteiger partial charge is 0.481 e. The van der Waals surface area contributed by atoms with Crippen molar-refractivity contribution in [3.8, 4) is 6.07 Å². The van der Waals surface area contributed by atoms with Crippen LogP contribution >= 0.6 is 0 Å². The lowest BCUT2D eigenvalue weighted by Crippen LogP contribution is -2.33. The SMILES string of the molecule is CC(C#N)(CCCC(=O)O)Nc1ccc(F)cc1. The van der Waals surface area contributed by atoms with Gasteiger partial charge >= 0.3 is 5.97 Å². The molecule has 0 radical (unpaired) electrons. The number of nitrogens with one attached hydrogen (secondary N) is 1. The van der Waals surface area contributed by atoms with Gasteiger partial charge in [0.15, 0.2) is 0 Å². The first kappa shape index (κ1) is 14.0. The number of carboxylic acids is 1. The third kappa shape index (κ3) is 4.42. The summed E-state index contributed by atoms with van der Waals surface area (Å²) in [6, 6.07) is 7.81. The van der Waals surface area contributed by atoms with E-state index in [1.807, 2.05) is 0 Å². The van der Waals surface area contributed by atoms with Crippen molar-refractivity contribution < 1.29 is 14.3 Å². The zero-order chi connectivity index (χ0) is 13.6. The molecule has 0 aliphatic heterocycles. The van der Waals surface area contributed by atoms with Crippen molar-refractivity contribution in [1.82, 2.24) is 0 Å². The Hall–Kier alpha value is -2.09. The molecule has 2 N–H and O–H groups in total. The van der Waals surface area contributed by atoms with E-state index in [2.05, 4.69) is 11.4 Å². The monoisotopic (exact) mass is 250 g/mol. The molecule has 96 valence electrons. The van der Waals surface area contributed by atoms with E-state index in [0.29, 0.717) is 18.5 Å². The molecule has 1 atom stereocenters. The molecule has 0 fully saturated rings. The molecule has 1 aromatic carbocycles. The summed E-state index contributed by atoms with van der Waals surface area (Å²) >= 11 is 0. The van der Waals surface area contributed by atoms with Crippen molar-refractivity contribution >= 4 is 11.7 Å². The molecule has 18 heavy (non-hydrogen) atoms. The number of rotatable bonds is 6. The fourth-order valence-electron chi connectivity index (χ4n) is 1.59. The number of carbonyl (C=O) groups is 1. The van der Waals surface area contributed by atoms with Crippen LogP contribution in [0.15, 0.2) is 24.3 Å². The van der Waals surface area contributed by atoms with E-state index in [1.54, 1.807) is 19.1 Å². The fraction of sp³-hybridized carbons (Fsp3) is 0.385. The predicted molar refractivity (Wildman–Crippen MR) is 65.5 cm³/mol. The van der Waals surface area contributed by atoms with Crippen LogP contribution in [0.25, 0.3) is 0 Å². The molecule has 0 amide bonds. The summed E-state index contributed by atoms with van der Waals surface area (Å²) in [5, 5.41) is 20.7. The number of halogens is 1. The Labute approximate surface area is 105 Å². The van der Waals surface area contributed by atoms with E-state index in [9.17, 15) is 9.18 Å². The minimum Gasteiger partial charge on any atom is -0.481 e. The Morgan fingerprint density at radius 1 is 1.50 bits per heavy atom. The molecule has 0 saturated carbocycles. The van der Waals surface area contributed by atoms with Crippen molar-refractivity contribution in [2.24, 2.45) is 0 Å². The molecular weight excluding hydrogens is 235 g/mol. The van der Waals surface area contributed by atoms with E-state index < -0.39 is 11.5 Å². The van der Waals surface area contributed by atoms with Gasteiger partial charge in [0.25, 0.3) is 0 Å². The number of hydrogen-bond acceptors (Lipinski definition) is 3. The summed E-state index contributed by atoms with van der Waals surface area (Å²) in [6.45, 7) is 1.69. The average Bonchev–Trinajstić information content (AvgIpc) is 2.32. The first-order chi connectivity index (χ1) is 8.45. The molecule has 0 aliphatic carbocycles. The number of hydrogen-bond donors (Lipinski definition) is 2. The topological polar surface area (TPSA) is 73.1 Å². The summed E-state index contributed by atoms with van der Waals surface area (Å²) in [4.78, 5) is 10.4. The second kappa shape index (κ2) is 6.01.